The summed E-state index contributed by atoms with van der Waals surface area (Å²) < 4.78 is 0. The molecule has 2 aromatic rings. The van der Waals surface area contributed by atoms with Crippen LogP contribution in [0.2, 0.25) is 0 Å². The summed E-state index contributed by atoms with van der Waals surface area (Å²) in [6.45, 7) is 6.61. The third kappa shape index (κ3) is 3.48. The average Bonchev–Trinajstić information content (AvgIpc) is 2.27. The lowest BCUT2D eigenvalue weighted by Crippen LogP contribution is -2.10. The molecule has 0 saturated heterocycles. The molecule has 0 aliphatic heterocycles. The highest BCUT2D eigenvalue weighted by Gasteiger charge is 2.00. The van der Waals surface area contributed by atoms with Crippen LogP contribution in [-0.2, 0) is 6.42 Å². The van der Waals surface area contributed by atoms with Crippen molar-refractivity contribution in [2.75, 3.05) is 11.9 Å². The van der Waals surface area contributed by atoms with Crippen molar-refractivity contribution in [3.05, 3.63) is 41.4 Å². The van der Waals surface area contributed by atoms with Gasteiger partial charge in [0.05, 0.1) is 0 Å². The van der Waals surface area contributed by atoms with Gasteiger partial charge in [-0.3, -0.25) is 0 Å². The van der Waals surface area contributed by atoms with E-state index in [0.29, 0.717) is 0 Å². The van der Waals surface area contributed by atoms with Crippen LogP contribution in [0.3, 0.4) is 0 Å². The number of nitrogens with zero attached hydrogens (tertiary/aromatic N) is 4. The molecule has 94 valence electrons. The summed E-state index contributed by atoms with van der Waals surface area (Å²) in [5.41, 5.74) is 2.02. The molecule has 0 atom stereocenters. The molecule has 0 fully saturated rings. The molecule has 5 nitrogen and oxygen atoms in total. The highest BCUT2D eigenvalue weighted by atomic mass is 15.0. The molecule has 0 unspecified atom stereocenters. The van der Waals surface area contributed by atoms with Gasteiger partial charge in [-0.1, -0.05) is 0 Å². The van der Waals surface area contributed by atoms with Crippen LogP contribution >= 0.6 is 0 Å². The van der Waals surface area contributed by atoms with Crippen LogP contribution in [0.4, 0.5) is 5.82 Å². The molecule has 0 radical (unpaired) electrons. The van der Waals surface area contributed by atoms with Gasteiger partial charge in [-0.15, -0.1) is 0 Å². The lowest BCUT2D eigenvalue weighted by Gasteiger charge is -2.06. The van der Waals surface area contributed by atoms with Gasteiger partial charge in [-0.2, -0.15) is 0 Å². The van der Waals surface area contributed by atoms with Gasteiger partial charge in [0.1, 0.15) is 17.5 Å². The Bertz CT molecular complexity index is 518. The molecule has 0 aromatic carbocycles. The first kappa shape index (κ1) is 12.4. The van der Waals surface area contributed by atoms with Crippen molar-refractivity contribution in [1.82, 2.24) is 19.9 Å². The third-order valence-corrected chi connectivity index (χ3v) is 2.46. The fourth-order valence-electron chi connectivity index (χ4n) is 1.77. The van der Waals surface area contributed by atoms with Crippen molar-refractivity contribution in [2.45, 2.75) is 27.2 Å². The molecule has 0 saturated carbocycles. The highest BCUT2D eigenvalue weighted by Crippen LogP contribution is 2.03. The topological polar surface area (TPSA) is 63.6 Å². The molecule has 1 N–H and O–H groups in total. The smallest absolute Gasteiger partial charge is 0.130 e. The Balaban J connectivity index is 1.92. The van der Waals surface area contributed by atoms with Gasteiger partial charge in [0.2, 0.25) is 0 Å². The van der Waals surface area contributed by atoms with E-state index in [1.54, 1.807) is 6.20 Å². The number of anilines is 1. The standard InChI is InChI=1S/C13H17N5/c1-9-8-10(2)17-13(16-9)5-7-15-12-4-6-14-11(3)18-12/h4,6,8H,5,7H2,1-3H3,(H,14,15,18). The summed E-state index contributed by atoms with van der Waals surface area (Å²) >= 11 is 0. The van der Waals surface area contributed by atoms with Gasteiger partial charge in [0.15, 0.2) is 0 Å². The number of nitrogens with one attached hydrogen (secondary N) is 1. The summed E-state index contributed by atoms with van der Waals surface area (Å²) in [5.74, 6) is 2.47. The molecular formula is C13H17N5. The fraction of sp³-hybridized carbons (Fsp3) is 0.385. The lowest BCUT2D eigenvalue weighted by molar-refractivity contribution is 0.859. The minimum atomic E-state index is 0.763. The maximum atomic E-state index is 4.40. The minimum Gasteiger partial charge on any atom is -0.370 e. The fourth-order valence-corrected chi connectivity index (χ4v) is 1.77. The quantitative estimate of drug-likeness (QED) is 0.887. The van der Waals surface area contributed by atoms with Crippen LogP contribution in [0.25, 0.3) is 0 Å². The van der Waals surface area contributed by atoms with Crippen LogP contribution in [0.15, 0.2) is 18.3 Å². The number of aryl methyl sites for hydroxylation is 3. The first-order valence-electron chi connectivity index (χ1n) is 5.98. The predicted octanol–water partition coefficient (Wildman–Crippen LogP) is 1.85. The molecule has 2 heterocycles. The van der Waals surface area contributed by atoms with Crippen LogP contribution in [-0.4, -0.2) is 26.5 Å². The van der Waals surface area contributed by atoms with Crippen molar-refractivity contribution >= 4 is 5.82 Å². The van der Waals surface area contributed by atoms with Gasteiger partial charge >= 0.3 is 0 Å². The Hall–Kier alpha value is -2.04. The van der Waals surface area contributed by atoms with E-state index in [2.05, 4.69) is 25.3 Å². The Labute approximate surface area is 107 Å². The summed E-state index contributed by atoms with van der Waals surface area (Å²) in [6.07, 6.45) is 2.53. The van der Waals surface area contributed by atoms with Gasteiger partial charge in [-0.05, 0) is 32.9 Å². The summed E-state index contributed by atoms with van der Waals surface area (Å²) in [7, 11) is 0. The van der Waals surface area contributed by atoms with Crippen molar-refractivity contribution in [2.24, 2.45) is 0 Å². The van der Waals surface area contributed by atoms with E-state index < -0.39 is 0 Å². The van der Waals surface area contributed by atoms with Crippen LogP contribution in [0.5, 0.6) is 0 Å². The zero-order chi connectivity index (χ0) is 13.0. The second-order valence-electron chi connectivity index (χ2n) is 4.23. The monoisotopic (exact) mass is 243 g/mol. The van der Waals surface area contributed by atoms with E-state index in [0.717, 1.165) is 41.8 Å². The normalized spacial score (nSPS) is 10.4. The first-order valence-corrected chi connectivity index (χ1v) is 5.98. The Morgan fingerprint density at radius 1 is 1.06 bits per heavy atom. The largest absolute Gasteiger partial charge is 0.370 e. The number of hydrogen-bond donors (Lipinski definition) is 1. The molecular weight excluding hydrogens is 226 g/mol. The van der Waals surface area contributed by atoms with Gasteiger partial charge in [-0.25, -0.2) is 19.9 Å². The van der Waals surface area contributed by atoms with Crippen molar-refractivity contribution < 1.29 is 0 Å². The highest BCUT2D eigenvalue weighted by molar-refractivity contribution is 5.32. The predicted molar refractivity (Wildman–Crippen MR) is 70.5 cm³/mol. The Morgan fingerprint density at radius 2 is 1.78 bits per heavy atom. The zero-order valence-corrected chi connectivity index (χ0v) is 10.9. The van der Waals surface area contributed by atoms with Crippen LogP contribution in [0.1, 0.15) is 23.0 Å². The van der Waals surface area contributed by atoms with E-state index in [-0.39, 0.29) is 0 Å². The maximum absolute atomic E-state index is 4.40. The molecule has 0 aliphatic carbocycles. The van der Waals surface area contributed by atoms with Gasteiger partial charge in [0, 0.05) is 30.6 Å². The SMILES string of the molecule is Cc1cc(C)nc(CCNc2ccnc(C)n2)n1. The second kappa shape index (κ2) is 5.53. The van der Waals surface area contributed by atoms with Crippen molar-refractivity contribution in [1.29, 1.82) is 0 Å². The second-order valence-corrected chi connectivity index (χ2v) is 4.23. The molecule has 0 amide bonds. The number of rotatable bonds is 4. The molecule has 0 spiro atoms. The lowest BCUT2D eigenvalue weighted by atomic mass is 10.3. The van der Waals surface area contributed by atoms with E-state index in [9.17, 15) is 0 Å². The first-order chi connectivity index (χ1) is 8.63. The van der Waals surface area contributed by atoms with E-state index in [1.165, 1.54) is 0 Å². The van der Waals surface area contributed by atoms with Crippen LogP contribution < -0.4 is 5.32 Å². The zero-order valence-electron chi connectivity index (χ0n) is 10.9. The van der Waals surface area contributed by atoms with Crippen molar-refractivity contribution in [3.8, 4) is 0 Å². The molecule has 5 heteroatoms. The van der Waals surface area contributed by atoms with Crippen LogP contribution in [0, 0.1) is 20.8 Å². The summed E-state index contributed by atoms with van der Waals surface area (Å²) in [5, 5.41) is 3.24. The molecule has 18 heavy (non-hydrogen) atoms. The van der Waals surface area contributed by atoms with Gasteiger partial charge in [0.25, 0.3) is 0 Å². The number of aromatic nitrogens is 4. The van der Waals surface area contributed by atoms with E-state index in [1.807, 2.05) is 32.9 Å². The maximum Gasteiger partial charge on any atom is 0.130 e. The summed E-state index contributed by atoms with van der Waals surface area (Å²) in [4.78, 5) is 17.1. The van der Waals surface area contributed by atoms with Crippen molar-refractivity contribution in [3.63, 3.8) is 0 Å². The molecule has 2 rings (SSSR count). The Morgan fingerprint density at radius 3 is 2.44 bits per heavy atom. The Kier molecular flexibility index (Phi) is 3.82. The molecule has 2 aromatic heterocycles. The number of hydrogen-bond acceptors (Lipinski definition) is 5. The average molecular weight is 243 g/mol. The van der Waals surface area contributed by atoms with E-state index >= 15 is 0 Å². The minimum absolute atomic E-state index is 0.763. The summed E-state index contributed by atoms with van der Waals surface area (Å²) in [6, 6.07) is 3.83. The third-order valence-electron chi connectivity index (χ3n) is 2.46. The molecule has 0 aliphatic rings. The van der Waals surface area contributed by atoms with Gasteiger partial charge < -0.3 is 5.32 Å². The molecule has 0 bridgehead atoms. The van der Waals surface area contributed by atoms with E-state index in [4.69, 9.17) is 0 Å².